The number of nitrogens with zero attached hydrogens (tertiary/aromatic N) is 1. The first kappa shape index (κ1) is 17.8. The third-order valence-corrected chi connectivity index (χ3v) is 4.67. The molecule has 1 aliphatic carbocycles. The van der Waals surface area contributed by atoms with Gasteiger partial charge in [-0.1, -0.05) is 6.92 Å². The number of benzene rings is 1. The molecule has 1 aromatic carbocycles. The fourth-order valence-electron chi connectivity index (χ4n) is 2.90. The van der Waals surface area contributed by atoms with E-state index in [2.05, 4.69) is 12.2 Å². The molecule has 0 radical (unpaired) electrons. The number of amides is 2. The van der Waals surface area contributed by atoms with Crippen molar-refractivity contribution in [3.05, 3.63) is 29.8 Å². The Morgan fingerprint density at radius 1 is 1.17 bits per heavy atom. The van der Waals surface area contributed by atoms with E-state index in [-0.39, 0.29) is 36.2 Å². The fourth-order valence-corrected chi connectivity index (χ4v) is 2.90. The standard InChI is InChI=1S/C17H23N3O2.ClH/c1-11-10-15(11)16(21)19-14-4-2-12(3-5-14)17(22)20-8-6-13(18)7-9-20;/h2-5,11,13,15H,6-10,18H2,1H3,(H,19,21);1H. The van der Waals surface area contributed by atoms with Crippen LogP contribution in [0.1, 0.15) is 36.5 Å². The average Bonchev–Trinajstić information content (AvgIpc) is 3.25. The summed E-state index contributed by atoms with van der Waals surface area (Å²) in [5.41, 5.74) is 7.27. The zero-order valence-corrected chi connectivity index (χ0v) is 14.1. The molecule has 2 atom stereocenters. The lowest BCUT2D eigenvalue weighted by Crippen LogP contribution is -2.42. The van der Waals surface area contributed by atoms with Crippen LogP contribution < -0.4 is 11.1 Å². The minimum absolute atomic E-state index is 0. The lowest BCUT2D eigenvalue weighted by atomic mass is 10.0. The summed E-state index contributed by atoms with van der Waals surface area (Å²) < 4.78 is 0. The smallest absolute Gasteiger partial charge is 0.253 e. The van der Waals surface area contributed by atoms with Gasteiger partial charge in [0.1, 0.15) is 0 Å². The van der Waals surface area contributed by atoms with Gasteiger partial charge in [-0.05, 0) is 49.4 Å². The quantitative estimate of drug-likeness (QED) is 0.888. The first-order chi connectivity index (χ1) is 10.5. The molecule has 1 aliphatic heterocycles. The molecule has 1 saturated carbocycles. The van der Waals surface area contributed by atoms with Gasteiger partial charge >= 0.3 is 0 Å². The molecule has 2 amide bonds. The monoisotopic (exact) mass is 337 g/mol. The van der Waals surface area contributed by atoms with Crippen LogP contribution in [0.5, 0.6) is 0 Å². The highest BCUT2D eigenvalue weighted by atomic mass is 35.5. The lowest BCUT2D eigenvalue weighted by Gasteiger charge is -2.30. The predicted octanol–water partition coefficient (Wildman–Crippen LogP) is 2.27. The van der Waals surface area contributed by atoms with Crippen molar-refractivity contribution in [3.8, 4) is 0 Å². The number of hydrogen-bond acceptors (Lipinski definition) is 3. The molecule has 0 bridgehead atoms. The minimum Gasteiger partial charge on any atom is -0.339 e. The van der Waals surface area contributed by atoms with Crippen LogP contribution in [0.3, 0.4) is 0 Å². The summed E-state index contributed by atoms with van der Waals surface area (Å²) in [5, 5.41) is 2.91. The number of rotatable bonds is 3. The van der Waals surface area contributed by atoms with Gasteiger partial charge in [0, 0.05) is 36.3 Å². The molecule has 1 aromatic rings. The van der Waals surface area contributed by atoms with Gasteiger partial charge < -0.3 is 16.0 Å². The first-order valence-electron chi connectivity index (χ1n) is 8.00. The molecule has 126 valence electrons. The zero-order valence-electron chi connectivity index (χ0n) is 13.3. The number of piperidine rings is 1. The Morgan fingerprint density at radius 3 is 2.26 bits per heavy atom. The molecule has 0 spiro atoms. The normalized spacial score (nSPS) is 23.8. The van der Waals surface area contributed by atoms with Crippen LogP contribution in [-0.2, 0) is 4.79 Å². The minimum atomic E-state index is 0. The number of carbonyl (C=O) groups is 2. The Hall–Kier alpha value is -1.59. The Labute approximate surface area is 143 Å². The second kappa shape index (κ2) is 7.32. The van der Waals surface area contributed by atoms with Gasteiger partial charge in [-0.3, -0.25) is 9.59 Å². The van der Waals surface area contributed by atoms with E-state index in [9.17, 15) is 9.59 Å². The highest BCUT2D eigenvalue weighted by Gasteiger charge is 2.39. The number of hydrogen-bond donors (Lipinski definition) is 2. The summed E-state index contributed by atoms with van der Waals surface area (Å²) in [5.74, 6) is 0.766. The molecule has 2 fully saturated rings. The Morgan fingerprint density at radius 2 is 1.74 bits per heavy atom. The van der Waals surface area contributed by atoms with E-state index in [1.807, 2.05) is 4.90 Å². The van der Waals surface area contributed by atoms with E-state index in [1.54, 1.807) is 24.3 Å². The summed E-state index contributed by atoms with van der Waals surface area (Å²) >= 11 is 0. The summed E-state index contributed by atoms with van der Waals surface area (Å²) in [6, 6.07) is 7.37. The maximum Gasteiger partial charge on any atom is 0.253 e. The van der Waals surface area contributed by atoms with Gasteiger partial charge in [-0.25, -0.2) is 0 Å². The van der Waals surface area contributed by atoms with E-state index in [1.165, 1.54) is 0 Å². The Kier molecular flexibility index (Phi) is 5.65. The molecule has 3 N–H and O–H groups in total. The van der Waals surface area contributed by atoms with Crippen molar-refractivity contribution in [1.82, 2.24) is 4.90 Å². The molecule has 1 heterocycles. The van der Waals surface area contributed by atoms with Crippen molar-refractivity contribution in [3.63, 3.8) is 0 Å². The summed E-state index contributed by atoms with van der Waals surface area (Å²) in [6.07, 6.45) is 2.69. The number of carbonyl (C=O) groups excluding carboxylic acids is 2. The molecule has 23 heavy (non-hydrogen) atoms. The molecule has 1 saturated heterocycles. The number of halogens is 1. The molecule has 2 unspecified atom stereocenters. The maximum atomic E-state index is 12.4. The second-order valence-electron chi connectivity index (χ2n) is 6.52. The van der Waals surface area contributed by atoms with Crippen LogP contribution >= 0.6 is 12.4 Å². The largest absolute Gasteiger partial charge is 0.339 e. The molecular formula is C17H24ClN3O2. The molecular weight excluding hydrogens is 314 g/mol. The highest BCUT2D eigenvalue weighted by Crippen LogP contribution is 2.38. The highest BCUT2D eigenvalue weighted by molar-refractivity contribution is 5.97. The van der Waals surface area contributed by atoms with Crippen LogP contribution in [0.2, 0.25) is 0 Å². The van der Waals surface area contributed by atoms with Crippen molar-refractivity contribution in [1.29, 1.82) is 0 Å². The molecule has 6 heteroatoms. The van der Waals surface area contributed by atoms with Crippen molar-refractivity contribution in [2.24, 2.45) is 17.6 Å². The Bertz CT molecular complexity index is 568. The molecule has 5 nitrogen and oxygen atoms in total. The summed E-state index contributed by atoms with van der Waals surface area (Å²) in [4.78, 5) is 26.1. The van der Waals surface area contributed by atoms with E-state index in [4.69, 9.17) is 5.73 Å². The molecule has 0 aromatic heterocycles. The second-order valence-corrected chi connectivity index (χ2v) is 6.52. The number of nitrogens with one attached hydrogen (secondary N) is 1. The molecule has 3 rings (SSSR count). The van der Waals surface area contributed by atoms with Crippen LogP contribution in [0.15, 0.2) is 24.3 Å². The number of likely N-dealkylation sites (tertiary alicyclic amines) is 1. The van der Waals surface area contributed by atoms with Gasteiger partial charge in [0.2, 0.25) is 5.91 Å². The van der Waals surface area contributed by atoms with E-state index >= 15 is 0 Å². The third-order valence-electron chi connectivity index (χ3n) is 4.67. The van der Waals surface area contributed by atoms with E-state index in [0.29, 0.717) is 11.5 Å². The third kappa shape index (κ3) is 4.24. The van der Waals surface area contributed by atoms with Gasteiger partial charge in [-0.15, -0.1) is 12.4 Å². The first-order valence-corrected chi connectivity index (χ1v) is 8.00. The van der Waals surface area contributed by atoms with Crippen LogP contribution in [0.25, 0.3) is 0 Å². The van der Waals surface area contributed by atoms with Gasteiger partial charge in [-0.2, -0.15) is 0 Å². The number of anilines is 1. The van der Waals surface area contributed by atoms with Crippen LogP contribution in [0, 0.1) is 11.8 Å². The Balaban J connectivity index is 0.00000192. The van der Waals surface area contributed by atoms with Crippen LogP contribution in [-0.4, -0.2) is 35.8 Å². The molecule has 2 aliphatic rings. The average molecular weight is 338 g/mol. The van der Waals surface area contributed by atoms with E-state index < -0.39 is 0 Å². The summed E-state index contributed by atoms with van der Waals surface area (Å²) in [6.45, 7) is 3.52. The van der Waals surface area contributed by atoms with Gasteiger partial charge in [0.05, 0.1) is 0 Å². The maximum absolute atomic E-state index is 12.4. The summed E-state index contributed by atoms with van der Waals surface area (Å²) in [7, 11) is 0. The number of nitrogens with two attached hydrogens (primary N) is 1. The van der Waals surface area contributed by atoms with Crippen molar-refractivity contribution in [2.75, 3.05) is 18.4 Å². The van der Waals surface area contributed by atoms with Crippen molar-refractivity contribution in [2.45, 2.75) is 32.2 Å². The van der Waals surface area contributed by atoms with E-state index in [0.717, 1.165) is 38.0 Å². The predicted molar refractivity (Wildman–Crippen MR) is 92.7 cm³/mol. The lowest BCUT2D eigenvalue weighted by molar-refractivity contribution is -0.117. The van der Waals surface area contributed by atoms with Crippen molar-refractivity contribution < 1.29 is 9.59 Å². The van der Waals surface area contributed by atoms with Crippen LogP contribution in [0.4, 0.5) is 5.69 Å². The zero-order chi connectivity index (χ0) is 15.7. The SMILES string of the molecule is CC1CC1C(=O)Nc1ccc(C(=O)N2CCC(N)CC2)cc1.Cl. The van der Waals surface area contributed by atoms with Gasteiger partial charge in [0.25, 0.3) is 5.91 Å². The van der Waals surface area contributed by atoms with Gasteiger partial charge in [0.15, 0.2) is 0 Å². The fraction of sp³-hybridized carbons (Fsp3) is 0.529. The van der Waals surface area contributed by atoms with Crippen molar-refractivity contribution >= 4 is 29.9 Å². The topological polar surface area (TPSA) is 75.4 Å².